The quantitative estimate of drug-likeness (QED) is 0.626. The van der Waals surface area contributed by atoms with Crippen LogP contribution in [0.5, 0.6) is 0 Å². The predicted octanol–water partition coefficient (Wildman–Crippen LogP) is 3.97. The first-order valence-corrected chi connectivity index (χ1v) is 5.16. The molecule has 2 aromatic carbocycles. The third-order valence-corrected chi connectivity index (χ3v) is 2.73. The van der Waals surface area contributed by atoms with Crippen molar-refractivity contribution >= 4 is 10.9 Å². The summed E-state index contributed by atoms with van der Waals surface area (Å²) in [5, 5.41) is 1.19. The molecule has 0 spiro atoms. The third-order valence-electron chi connectivity index (χ3n) is 2.73. The highest BCUT2D eigenvalue weighted by atomic mass is 19.1. The van der Waals surface area contributed by atoms with Crippen LogP contribution in [0.25, 0.3) is 22.0 Å². The molecule has 0 radical (unpaired) electrons. The van der Waals surface area contributed by atoms with Gasteiger partial charge >= 0.3 is 0 Å². The van der Waals surface area contributed by atoms with Gasteiger partial charge in [-0.1, -0.05) is 24.3 Å². The summed E-state index contributed by atoms with van der Waals surface area (Å²) in [6, 6.07) is 14.8. The van der Waals surface area contributed by atoms with E-state index in [-0.39, 0.29) is 5.82 Å². The van der Waals surface area contributed by atoms with Gasteiger partial charge in [-0.3, -0.25) is 0 Å². The third kappa shape index (κ3) is 1.48. The Morgan fingerprint density at radius 2 is 1.56 bits per heavy atom. The van der Waals surface area contributed by atoms with Crippen molar-refractivity contribution in [3.05, 3.63) is 60.5 Å². The molecule has 78 valence electrons. The van der Waals surface area contributed by atoms with Crippen LogP contribution in [-0.2, 0) is 0 Å². The maximum atomic E-state index is 12.8. The van der Waals surface area contributed by atoms with Gasteiger partial charge in [0.1, 0.15) is 5.82 Å². The molecule has 0 aliphatic heterocycles. The predicted molar refractivity (Wildman–Crippen MR) is 63.7 cm³/mol. The first-order valence-electron chi connectivity index (χ1n) is 5.16. The van der Waals surface area contributed by atoms with Crippen molar-refractivity contribution in [2.75, 3.05) is 0 Å². The van der Waals surface area contributed by atoms with Crippen molar-refractivity contribution in [1.29, 1.82) is 0 Å². The van der Waals surface area contributed by atoms with E-state index in [2.05, 4.69) is 17.1 Å². The van der Waals surface area contributed by atoms with Crippen LogP contribution in [0.15, 0.2) is 54.7 Å². The first-order chi connectivity index (χ1) is 7.83. The summed E-state index contributed by atoms with van der Waals surface area (Å²) in [7, 11) is 0. The lowest BCUT2D eigenvalue weighted by Crippen LogP contribution is -1.79. The van der Waals surface area contributed by atoms with Gasteiger partial charge in [-0.25, -0.2) is 4.39 Å². The van der Waals surface area contributed by atoms with Crippen molar-refractivity contribution in [2.24, 2.45) is 0 Å². The van der Waals surface area contributed by atoms with Gasteiger partial charge in [0.2, 0.25) is 0 Å². The average molecular weight is 211 g/mol. The molecule has 1 aromatic heterocycles. The molecule has 0 amide bonds. The van der Waals surface area contributed by atoms with Gasteiger partial charge in [-0.05, 0) is 40.8 Å². The van der Waals surface area contributed by atoms with E-state index in [1.54, 1.807) is 12.1 Å². The maximum Gasteiger partial charge on any atom is 0.123 e. The zero-order valence-electron chi connectivity index (χ0n) is 8.57. The van der Waals surface area contributed by atoms with E-state index < -0.39 is 0 Å². The molecule has 0 fully saturated rings. The summed E-state index contributed by atoms with van der Waals surface area (Å²) in [6.45, 7) is 0. The normalized spacial score (nSPS) is 10.8. The van der Waals surface area contributed by atoms with E-state index in [0.29, 0.717) is 0 Å². The second-order valence-corrected chi connectivity index (χ2v) is 3.79. The molecule has 16 heavy (non-hydrogen) atoms. The highest BCUT2D eigenvalue weighted by Crippen LogP contribution is 2.23. The minimum atomic E-state index is -0.204. The van der Waals surface area contributed by atoms with Crippen LogP contribution in [0, 0.1) is 5.82 Å². The van der Waals surface area contributed by atoms with E-state index in [1.165, 1.54) is 17.5 Å². The van der Waals surface area contributed by atoms with E-state index in [0.717, 1.165) is 16.6 Å². The molecule has 1 N–H and O–H groups in total. The van der Waals surface area contributed by atoms with E-state index in [9.17, 15) is 4.39 Å². The molecule has 0 bridgehead atoms. The molecular weight excluding hydrogens is 201 g/mol. The summed E-state index contributed by atoms with van der Waals surface area (Å²) in [6.07, 6.45) is 1.92. The van der Waals surface area contributed by atoms with Crippen LogP contribution < -0.4 is 0 Å². The van der Waals surface area contributed by atoms with Gasteiger partial charge in [0.25, 0.3) is 0 Å². The fourth-order valence-corrected chi connectivity index (χ4v) is 1.87. The fourth-order valence-electron chi connectivity index (χ4n) is 1.87. The Kier molecular flexibility index (Phi) is 2.00. The minimum absolute atomic E-state index is 0.204. The molecule has 0 saturated heterocycles. The number of aromatic amines is 1. The Morgan fingerprint density at radius 3 is 2.38 bits per heavy atom. The summed E-state index contributed by atoms with van der Waals surface area (Å²) in [5.74, 6) is -0.204. The lowest BCUT2D eigenvalue weighted by atomic mass is 10.0. The second-order valence-electron chi connectivity index (χ2n) is 3.79. The number of hydrogen-bond acceptors (Lipinski definition) is 0. The highest BCUT2D eigenvalue weighted by molar-refractivity contribution is 5.84. The van der Waals surface area contributed by atoms with Crippen LogP contribution in [0.2, 0.25) is 0 Å². The molecule has 0 unspecified atom stereocenters. The molecule has 0 aliphatic carbocycles. The molecule has 1 nitrogen and oxygen atoms in total. The first kappa shape index (κ1) is 9.16. The monoisotopic (exact) mass is 211 g/mol. The van der Waals surface area contributed by atoms with Gasteiger partial charge in [-0.15, -0.1) is 0 Å². The van der Waals surface area contributed by atoms with E-state index in [4.69, 9.17) is 0 Å². The Labute approximate surface area is 92.5 Å². The molecule has 0 saturated carbocycles. The number of aromatic nitrogens is 1. The van der Waals surface area contributed by atoms with Crippen LogP contribution in [0.4, 0.5) is 4.39 Å². The molecular formula is C14H10FN. The maximum absolute atomic E-state index is 12.8. The van der Waals surface area contributed by atoms with Gasteiger partial charge < -0.3 is 4.98 Å². The summed E-state index contributed by atoms with van der Waals surface area (Å²) >= 11 is 0. The number of H-pyrrole nitrogens is 1. The largest absolute Gasteiger partial charge is 0.361 e. The van der Waals surface area contributed by atoms with Crippen LogP contribution in [0.3, 0.4) is 0 Å². The SMILES string of the molecule is Fc1ccc(-c2ccc3cc[nH]c3c2)cc1. The molecule has 0 atom stereocenters. The number of hydrogen-bond donors (Lipinski definition) is 1. The topological polar surface area (TPSA) is 15.8 Å². The zero-order valence-corrected chi connectivity index (χ0v) is 8.57. The minimum Gasteiger partial charge on any atom is -0.361 e. The smallest absolute Gasteiger partial charge is 0.123 e. The van der Waals surface area contributed by atoms with Crippen molar-refractivity contribution < 1.29 is 4.39 Å². The number of fused-ring (bicyclic) bond motifs is 1. The van der Waals surface area contributed by atoms with Gasteiger partial charge in [0.05, 0.1) is 0 Å². The number of nitrogens with one attached hydrogen (secondary N) is 1. The summed E-state index contributed by atoms with van der Waals surface area (Å²) < 4.78 is 12.8. The molecule has 0 aliphatic rings. The van der Waals surface area contributed by atoms with Gasteiger partial charge in [0.15, 0.2) is 0 Å². The van der Waals surface area contributed by atoms with E-state index >= 15 is 0 Å². The average Bonchev–Trinajstić information content (AvgIpc) is 2.77. The molecule has 3 rings (SSSR count). The Hall–Kier alpha value is -2.09. The highest BCUT2D eigenvalue weighted by Gasteiger charge is 2.00. The van der Waals surface area contributed by atoms with Crippen molar-refractivity contribution in [3.8, 4) is 11.1 Å². The van der Waals surface area contributed by atoms with Crippen molar-refractivity contribution in [3.63, 3.8) is 0 Å². The van der Waals surface area contributed by atoms with Crippen LogP contribution in [-0.4, -0.2) is 4.98 Å². The summed E-state index contributed by atoms with van der Waals surface area (Å²) in [5.41, 5.74) is 3.22. The summed E-state index contributed by atoms with van der Waals surface area (Å²) in [4.78, 5) is 3.17. The lowest BCUT2D eigenvalue weighted by molar-refractivity contribution is 0.628. The Balaban J connectivity index is 2.14. The van der Waals surface area contributed by atoms with E-state index in [1.807, 2.05) is 18.3 Å². The standard InChI is InChI=1S/C14H10FN/c15-13-5-3-10(4-6-13)12-2-1-11-7-8-16-14(11)9-12/h1-9,16H. The lowest BCUT2D eigenvalue weighted by Gasteiger charge is -2.01. The molecule has 2 heteroatoms. The number of halogens is 1. The van der Waals surface area contributed by atoms with Crippen LogP contribution >= 0.6 is 0 Å². The fraction of sp³-hybridized carbons (Fsp3) is 0. The zero-order chi connectivity index (χ0) is 11.0. The second kappa shape index (κ2) is 3.49. The van der Waals surface area contributed by atoms with Crippen molar-refractivity contribution in [2.45, 2.75) is 0 Å². The number of rotatable bonds is 1. The molecule has 1 heterocycles. The Morgan fingerprint density at radius 1 is 0.812 bits per heavy atom. The van der Waals surface area contributed by atoms with Gasteiger partial charge in [-0.2, -0.15) is 0 Å². The number of benzene rings is 2. The van der Waals surface area contributed by atoms with Gasteiger partial charge in [0, 0.05) is 11.7 Å². The van der Waals surface area contributed by atoms with Crippen LogP contribution in [0.1, 0.15) is 0 Å². The Bertz CT molecular complexity index is 623. The van der Waals surface area contributed by atoms with Crippen molar-refractivity contribution in [1.82, 2.24) is 4.98 Å². The molecule has 3 aromatic rings.